The number of nitrogens with two attached hydrogens (primary N) is 1. The molecule has 1 aliphatic rings. The van der Waals surface area contributed by atoms with Gasteiger partial charge in [0.2, 0.25) is 0 Å². The Balaban J connectivity index is 1.56. The average molecular weight is 323 g/mol. The third kappa shape index (κ3) is 3.88. The van der Waals surface area contributed by atoms with Crippen molar-refractivity contribution in [2.24, 2.45) is 10.7 Å². The van der Waals surface area contributed by atoms with Crippen LogP contribution in [0.25, 0.3) is 0 Å². The summed E-state index contributed by atoms with van der Waals surface area (Å²) in [6, 6.07) is 12.7. The van der Waals surface area contributed by atoms with E-state index in [0.717, 1.165) is 29.8 Å². The summed E-state index contributed by atoms with van der Waals surface area (Å²) in [5, 5.41) is 3.19. The van der Waals surface area contributed by atoms with E-state index in [0.29, 0.717) is 12.5 Å². The number of aliphatic imine (C=N–C) groups is 1. The van der Waals surface area contributed by atoms with Gasteiger partial charge in [-0.2, -0.15) is 0 Å². The molecule has 2 aromatic rings. The van der Waals surface area contributed by atoms with Gasteiger partial charge in [0.25, 0.3) is 0 Å². The zero-order valence-corrected chi connectivity index (χ0v) is 14.4. The molecule has 0 saturated carbocycles. The van der Waals surface area contributed by atoms with Crippen LogP contribution in [0.4, 0.5) is 5.69 Å². The van der Waals surface area contributed by atoms with Gasteiger partial charge in [0.1, 0.15) is 5.75 Å². The molecule has 0 aliphatic heterocycles. The summed E-state index contributed by atoms with van der Waals surface area (Å²) in [5.74, 6) is 1.38. The van der Waals surface area contributed by atoms with Crippen molar-refractivity contribution in [3.63, 3.8) is 0 Å². The fraction of sp³-hybridized carbons (Fsp3) is 0.350. The molecule has 0 aromatic heterocycles. The van der Waals surface area contributed by atoms with Gasteiger partial charge in [-0.3, -0.25) is 4.99 Å². The number of guanidine groups is 1. The number of fused-ring (bicyclic) bond motifs is 1. The molecule has 0 saturated heterocycles. The van der Waals surface area contributed by atoms with E-state index in [1.807, 2.05) is 6.92 Å². The highest BCUT2D eigenvalue weighted by Gasteiger charge is 2.10. The lowest BCUT2D eigenvalue weighted by atomic mass is 10.1. The number of nitrogens with one attached hydrogen (secondary N) is 1. The molecule has 0 spiro atoms. The predicted molar refractivity (Wildman–Crippen MR) is 100 cm³/mol. The van der Waals surface area contributed by atoms with Crippen molar-refractivity contribution in [2.75, 3.05) is 19.0 Å². The Labute approximate surface area is 143 Å². The first-order valence-electron chi connectivity index (χ1n) is 8.48. The summed E-state index contributed by atoms with van der Waals surface area (Å²) in [6.07, 6.45) is 4.45. The fourth-order valence-corrected chi connectivity index (χ4v) is 3.16. The molecule has 0 fully saturated rings. The minimum absolute atomic E-state index is 0.465. The van der Waals surface area contributed by atoms with Gasteiger partial charge in [0, 0.05) is 12.2 Å². The van der Waals surface area contributed by atoms with E-state index in [1.54, 1.807) is 7.11 Å². The maximum Gasteiger partial charge on any atom is 0.193 e. The summed E-state index contributed by atoms with van der Waals surface area (Å²) in [5.41, 5.74) is 12.3. The minimum Gasteiger partial charge on any atom is -0.496 e. The van der Waals surface area contributed by atoms with Crippen LogP contribution in [0.5, 0.6) is 5.75 Å². The number of hydrogen-bond donors (Lipinski definition) is 2. The zero-order chi connectivity index (χ0) is 16.9. The molecule has 0 atom stereocenters. The largest absolute Gasteiger partial charge is 0.496 e. The highest BCUT2D eigenvalue weighted by Crippen LogP contribution is 2.24. The predicted octanol–water partition coefficient (Wildman–Crippen LogP) is 3.46. The number of methoxy groups -OCH3 is 1. The Morgan fingerprint density at radius 3 is 2.83 bits per heavy atom. The van der Waals surface area contributed by atoms with E-state index in [9.17, 15) is 0 Å². The van der Waals surface area contributed by atoms with E-state index in [4.69, 9.17) is 10.5 Å². The van der Waals surface area contributed by atoms with Crippen LogP contribution in [0.15, 0.2) is 41.4 Å². The number of anilines is 1. The monoisotopic (exact) mass is 323 g/mol. The van der Waals surface area contributed by atoms with Crippen LogP contribution in [-0.2, 0) is 19.3 Å². The van der Waals surface area contributed by atoms with Gasteiger partial charge in [-0.05, 0) is 73.1 Å². The maximum atomic E-state index is 6.01. The second-order valence-corrected chi connectivity index (χ2v) is 6.28. The smallest absolute Gasteiger partial charge is 0.193 e. The first kappa shape index (κ1) is 16.4. The SMILES string of the molecule is COc1cc(CCN=C(N)Nc2ccc3c(c2)CCC3)ccc1C. The third-order valence-electron chi connectivity index (χ3n) is 4.53. The van der Waals surface area contributed by atoms with Crippen molar-refractivity contribution in [1.82, 2.24) is 0 Å². The maximum absolute atomic E-state index is 6.01. The van der Waals surface area contributed by atoms with Gasteiger partial charge in [0.05, 0.1) is 7.11 Å². The summed E-state index contributed by atoms with van der Waals surface area (Å²) in [4.78, 5) is 4.43. The fourth-order valence-electron chi connectivity index (χ4n) is 3.16. The van der Waals surface area contributed by atoms with Gasteiger partial charge in [-0.1, -0.05) is 18.2 Å². The Bertz CT molecular complexity index is 753. The number of rotatable bonds is 5. The van der Waals surface area contributed by atoms with Crippen LogP contribution in [0.3, 0.4) is 0 Å². The molecule has 4 heteroatoms. The first-order valence-corrected chi connectivity index (χ1v) is 8.48. The van der Waals surface area contributed by atoms with Crippen molar-refractivity contribution in [1.29, 1.82) is 0 Å². The summed E-state index contributed by atoms with van der Waals surface area (Å²) >= 11 is 0. The standard InChI is InChI=1S/C20H25N3O/c1-14-6-7-15(12-19(14)24-2)10-11-22-20(21)23-18-9-8-16-4-3-5-17(16)13-18/h6-9,12-13H,3-5,10-11H2,1-2H3,(H3,21,22,23). The van der Waals surface area contributed by atoms with E-state index in [2.05, 4.69) is 46.7 Å². The van der Waals surface area contributed by atoms with Gasteiger partial charge in [0.15, 0.2) is 5.96 Å². The van der Waals surface area contributed by atoms with Crippen molar-refractivity contribution >= 4 is 11.6 Å². The highest BCUT2D eigenvalue weighted by molar-refractivity contribution is 5.92. The van der Waals surface area contributed by atoms with Crippen LogP contribution in [-0.4, -0.2) is 19.6 Å². The molecule has 1 aliphatic carbocycles. The number of nitrogens with zero attached hydrogens (tertiary/aromatic N) is 1. The Morgan fingerprint density at radius 1 is 1.17 bits per heavy atom. The lowest BCUT2D eigenvalue weighted by Crippen LogP contribution is -2.23. The molecule has 0 bridgehead atoms. The van der Waals surface area contributed by atoms with Crippen LogP contribution < -0.4 is 15.8 Å². The van der Waals surface area contributed by atoms with E-state index >= 15 is 0 Å². The van der Waals surface area contributed by atoms with Gasteiger partial charge < -0.3 is 15.8 Å². The molecule has 0 unspecified atom stereocenters. The van der Waals surface area contributed by atoms with Crippen molar-refractivity contribution < 1.29 is 4.74 Å². The van der Waals surface area contributed by atoms with Crippen LogP contribution in [0.1, 0.15) is 28.7 Å². The lowest BCUT2D eigenvalue weighted by molar-refractivity contribution is 0.411. The summed E-state index contributed by atoms with van der Waals surface area (Å²) in [7, 11) is 1.70. The van der Waals surface area contributed by atoms with Crippen LogP contribution in [0, 0.1) is 6.92 Å². The van der Waals surface area contributed by atoms with Gasteiger partial charge >= 0.3 is 0 Å². The van der Waals surface area contributed by atoms with E-state index in [-0.39, 0.29) is 0 Å². The molecule has 0 radical (unpaired) electrons. The van der Waals surface area contributed by atoms with Gasteiger partial charge in [-0.15, -0.1) is 0 Å². The second kappa shape index (κ2) is 7.39. The lowest BCUT2D eigenvalue weighted by Gasteiger charge is -2.09. The number of ether oxygens (including phenoxy) is 1. The zero-order valence-electron chi connectivity index (χ0n) is 14.4. The minimum atomic E-state index is 0.465. The van der Waals surface area contributed by atoms with E-state index < -0.39 is 0 Å². The van der Waals surface area contributed by atoms with Crippen molar-refractivity contribution in [3.05, 3.63) is 58.7 Å². The Morgan fingerprint density at radius 2 is 2.00 bits per heavy atom. The molecule has 2 aromatic carbocycles. The Kier molecular flexibility index (Phi) is 5.04. The normalized spacial score (nSPS) is 13.7. The molecule has 126 valence electrons. The molecule has 24 heavy (non-hydrogen) atoms. The van der Waals surface area contributed by atoms with Crippen molar-refractivity contribution in [3.8, 4) is 5.75 Å². The molecule has 3 rings (SSSR count). The summed E-state index contributed by atoms with van der Waals surface area (Å²) in [6.45, 7) is 2.69. The topological polar surface area (TPSA) is 59.6 Å². The molecular weight excluding hydrogens is 298 g/mol. The van der Waals surface area contributed by atoms with Gasteiger partial charge in [-0.25, -0.2) is 0 Å². The first-order chi connectivity index (χ1) is 11.7. The Hall–Kier alpha value is -2.49. The highest BCUT2D eigenvalue weighted by atomic mass is 16.5. The summed E-state index contributed by atoms with van der Waals surface area (Å²) < 4.78 is 5.36. The van der Waals surface area contributed by atoms with Crippen LogP contribution >= 0.6 is 0 Å². The molecular formula is C20H25N3O. The molecule has 0 heterocycles. The van der Waals surface area contributed by atoms with Crippen molar-refractivity contribution in [2.45, 2.75) is 32.6 Å². The average Bonchev–Trinajstić information content (AvgIpc) is 3.04. The molecule has 0 amide bonds. The molecule has 3 N–H and O–H groups in total. The van der Waals surface area contributed by atoms with Crippen LogP contribution in [0.2, 0.25) is 0 Å². The quantitative estimate of drug-likeness (QED) is 0.654. The van der Waals surface area contributed by atoms with E-state index in [1.165, 1.54) is 29.5 Å². The number of benzene rings is 2. The molecule has 4 nitrogen and oxygen atoms in total. The number of aryl methyl sites for hydroxylation is 3. The number of hydrogen-bond acceptors (Lipinski definition) is 2. The third-order valence-corrected chi connectivity index (χ3v) is 4.53. The second-order valence-electron chi connectivity index (χ2n) is 6.28.